The van der Waals surface area contributed by atoms with Crippen molar-refractivity contribution < 1.29 is 24.0 Å². The van der Waals surface area contributed by atoms with Crippen LogP contribution in [0.3, 0.4) is 0 Å². The Morgan fingerprint density at radius 2 is 1.17 bits per heavy atom. The molecule has 1 heterocycles. The molecule has 0 radical (unpaired) electrons. The highest BCUT2D eigenvalue weighted by Gasteiger charge is 2.33. The van der Waals surface area contributed by atoms with Crippen molar-refractivity contribution >= 4 is 24.6 Å². The minimum absolute atomic E-state index is 0.0969. The molecule has 0 unspecified atom stereocenters. The number of nitrogens with one attached hydrogen (secondary N) is 1. The average molecular weight is 425 g/mol. The molecule has 0 saturated carbocycles. The Bertz CT molecular complexity index is 983. The Kier molecular flexibility index (Phi) is 7.46. The van der Waals surface area contributed by atoms with Crippen molar-refractivity contribution in [2.24, 2.45) is 0 Å². The van der Waals surface area contributed by atoms with Gasteiger partial charge in [-0.15, -0.1) is 0 Å². The van der Waals surface area contributed by atoms with E-state index in [-0.39, 0.29) is 11.1 Å². The number of hydrogen-bond donors (Lipinski definition) is 1. The third kappa shape index (κ3) is 5.10. The monoisotopic (exact) mass is 425 g/mol. The highest BCUT2D eigenvalue weighted by molar-refractivity contribution is 7.89. The molecule has 0 saturated heterocycles. The van der Waals surface area contributed by atoms with Crippen LogP contribution < -0.4 is 9.89 Å². The average Bonchev–Trinajstić information content (AvgIpc) is 3.19. The van der Waals surface area contributed by atoms with Gasteiger partial charge in [0, 0.05) is 17.5 Å². The topological polar surface area (TPSA) is 88.2 Å². The van der Waals surface area contributed by atoms with Gasteiger partial charge in [-0.3, -0.25) is 9.59 Å². The molecule has 6 heteroatoms. The fraction of sp³-hybridized carbons (Fsp3) is 0.292. The molecule has 3 rings (SSSR count). The second-order valence-electron chi connectivity index (χ2n) is 7.72. The van der Waals surface area contributed by atoms with Crippen LogP contribution in [0, 0.1) is 41.5 Å². The van der Waals surface area contributed by atoms with Crippen LogP contribution in [0.2, 0.25) is 0 Å². The first-order valence-corrected chi connectivity index (χ1v) is 11.4. The maximum absolute atomic E-state index is 12.7. The highest BCUT2D eigenvalue weighted by atomic mass is 31.2. The maximum Gasteiger partial charge on any atom is 0.215 e. The summed E-state index contributed by atoms with van der Waals surface area (Å²) in [6.07, 6.45) is 7.08. The SMILES string of the molecule is C1=C[NH+]=CC1.Cc1cc(C)c(C(=O)P(=O)([O-])C(=O)c2c(C)cc(C)cc2C)c(C)c1. The van der Waals surface area contributed by atoms with Gasteiger partial charge in [0.25, 0.3) is 0 Å². The van der Waals surface area contributed by atoms with Crippen molar-refractivity contribution in [3.05, 3.63) is 81.0 Å². The molecule has 1 aliphatic heterocycles. The molecule has 2 aromatic carbocycles. The minimum Gasteiger partial charge on any atom is -0.788 e. The lowest BCUT2D eigenvalue weighted by Gasteiger charge is -2.24. The van der Waals surface area contributed by atoms with Crippen LogP contribution in [0.1, 0.15) is 60.5 Å². The molecule has 1 aliphatic rings. The van der Waals surface area contributed by atoms with Gasteiger partial charge in [0.05, 0.1) is 0 Å². The normalized spacial score (nSPS) is 12.5. The molecule has 0 aromatic heterocycles. The fourth-order valence-corrected chi connectivity index (χ4v) is 5.24. The van der Waals surface area contributed by atoms with Crippen molar-refractivity contribution in [1.29, 1.82) is 0 Å². The van der Waals surface area contributed by atoms with E-state index < -0.39 is 18.4 Å². The lowest BCUT2D eigenvalue weighted by Crippen LogP contribution is -2.58. The van der Waals surface area contributed by atoms with Crippen LogP contribution in [0.5, 0.6) is 0 Å². The summed E-state index contributed by atoms with van der Waals surface area (Å²) >= 11 is 0. The standard InChI is InChI=1S/C20H23O4P.C4H5N/c1-11-7-13(3)17(14(4)8-11)19(21)25(23,24)20(22)18-15(5)9-12(2)10-16(18)6;1-2-4-5-3-1/h7-10H,1-6H3,(H,23,24);1,3-4H,2H2. The maximum atomic E-state index is 12.7. The summed E-state index contributed by atoms with van der Waals surface area (Å²) in [5.41, 5.74) is 2.09. The predicted octanol–water partition coefficient (Wildman–Crippen LogP) is 3.21. The zero-order valence-corrected chi connectivity index (χ0v) is 19.2. The van der Waals surface area contributed by atoms with Crippen LogP contribution in [0.4, 0.5) is 0 Å². The van der Waals surface area contributed by atoms with Gasteiger partial charge in [0.2, 0.25) is 11.0 Å². The molecular formula is C24H28NO4P. The van der Waals surface area contributed by atoms with Crippen LogP contribution in [0.15, 0.2) is 36.5 Å². The Hall–Kier alpha value is -2.62. The molecule has 0 bridgehead atoms. The summed E-state index contributed by atoms with van der Waals surface area (Å²) in [5, 5.41) is 0. The van der Waals surface area contributed by atoms with E-state index in [9.17, 15) is 19.0 Å². The number of benzene rings is 2. The Morgan fingerprint density at radius 3 is 1.40 bits per heavy atom. The quantitative estimate of drug-likeness (QED) is 0.762. The van der Waals surface area contributed by atoms with Crippen molar-refractivity contribution in [2.45, 2.75) is 48.0 Å². The first-order chi connectivity index (χ1) is 14.0. The van der Waals surface area contributed by atoms with E-state index in [1.165, 1.54) is 0 Å². The zero-order chi connectivity index (χ0) is 22.6. The number of carbonyl (C=O) groups excluding carboxylic acids is 2. The third-order valence-corrected chi connectivity index (χ3v) is 6.42. The summed E-state index contributed by atoms with van der Waals surface area (Å²) < 4.78 is 12.7. The minimum atomic E-state index is -4.98. The molecule has 158 valence electrons. The van der Waals surface area contributed by atoms with E-state index in [1.807, 2.05) is 26.3 Å². The highest BCUT2D eigenvalue weighted by Crippen LogP contribution is 2.46. The van der Waals surface area contributed by atoms with Gasteiger partial charge in [-0.25, -0.2) is 4.99 Å². The van der Waals surface area contributed by atoms with Gasteiger partial charge < -0.3 is 9.46 Å². The molecule has 0 atom stereocenters. The van der Waals surface area contributed by atoms with E-state index >= 15 is 0 Å². The van der Waals surface area contributed by atoms with E-state index in [4.69, 9.17) is 0 Å². The van der Waals surface area contributed by atoms with Gasteiger partial charge in [-0.2, -0.15) is 0 Å². The second-order valence-corrected chi connectivity index (χ2v) is 9.63. The van der Waals surface area contributed by atoms with Gasteiger partial charge in [-0.05, 0) is 69.9 Å². The molecular weight excluding hydrogens is 397 g/mol. The lowest BCUT2D eigenvalue weighted by molar-refractivity contribution is -0.363. The van der Waals surface area contributed by atoms with E-state index in [0.717, 1.165) is 17.5 Å². The summed E-state index contributed by atoms with van der Waals surface area (Å²) in [5.74, 6) is 0. The number of rotatable bonds is 4. The number of carbonyl (C=O) groups is 2. The fourth-order valence-electron chi connectivity index (χ4n) is 3.76. The second kappa shape index (κ2) is 9.46. The van der Waals surface area contributed by atoms with E-state index in [1.54, 1.807) is 52.0 Å². The van der Waals surface area contributed by atoms with Crippen LogP contribution >= 0.6 is 7.37 Å². The van der Waals surface area contributed by atoms with Crippen molar-refractivity contribution in [3.63, 3.8) is 0 Å². The lowest BCUT2D eigenvalue weighted by atomic mass is 10.0. The predicted molar refractivity (Wildman–Crippen MR) is 118 cm³/mol. The van der Waals surface area contributed by atoms with Crippen LogP contribution in [-0.2, 0) is 4.57 Å². The summed E-state index contributed by atoms with van der Waals surface area (Å²) in [7, 11) is -4.98. The molecule has 0 amide bonds. The van der Waals surface area contributed by atoms with E-state index in [2.05, 4.69) is 11.1 Å². The van der Waals surface area contributed by atoms with Crippen molar-refractivity contribution in [3.8, 4) is 0 Å². The number of aryl methyl sites for hydroxylation is 6. The molecule has 2 aromatic rings. The summed E-state index contributed by atoms with van der Waals surface area (Å²) in [4.78, 5) is 41.1. The molecule has 0 fully saturated rings. The van der Waals surface area contributed by atoms with Crippen LogP contribution in [0.25, 0.3) is 0 Å². The summed E-state index contributed by atoms with van der Waals surface area (Å²) in [6, 6.07) is 6.97. The molecule has 1 N–H and O–H groups in total. The number of allylic oxidation sites excluding steroid dienone is 1. The Balaban J connectivity index is 0.000000558. The number of hydrogen-bond acceptors (Lipinski definition) is 4. The van der Waals surface area contributed by atoms with E-state index in [0.29, 0.717) is 22.3 Å². The Morgan fingerprint density at radius 1 is 0.800 bits per heavy atom. The molecule has 5 nitrogen and oxygen atoms in total. The van der Waals surface area contributed by atoms with Crippen LogP contribution in [-0.4, -0.2) is 17.3 Å². The zero-order valence-electron chi connectivity index (χ0n) is 18.3. The van der Waals surface area contributed by atoms with Crippen molar-refractivity contribution in [2.75, 3.05) is 0 Å². The van der Waals surface area contributed by atoms with Crippen molar-refractivity contribution in [1.82, 2.24) is 0 Å². The molecule has 30 heavy (non-hydrogen) atoms. The molecule has 0 aliphatic carbocycles. The van der Waals surface area contributed by atoms with Gasteiger partial charge in [0.1, 0.15) is 6.21 Å². The first kappa shape index (κ1) is 23.7. The van der Waals surface area contributed by atoms with Gasteiger partial charge in [-0.1, -0.05) is 35.4 Å². The molecule has 0 spiro atoms. The van der Waals surface area contributed by atoms with Gasteiger partial charge >= 0.3 is 0 Å². The third-order valence-electron chi connectivity index (χ3n) is 4.90. The first-order valence-electron chi connectivity index (χ1n) is 9.76. The van der Waals surface area contributed by atoms with Gasteiger partial charge in [0.15, 0.2) is 13.6 Å². The summed E-state index contributed by atoms with van der Waals surface area (Å²) in [6.45, 7) is 10.5. The largest absolute Gasteiger partial charge is 0.788 e. The Labute approximate surface area is 178 Å². The smallest absolute Gasteiger partial charge is 0.215 e.